The molecule has 9 heteroatoms. The molecule has 0 aliphatic heterocycles. The van der Waals surface area contributed by atoms with Crippen LogP contribution in [-0.4, -0.2) is 28.9 Å². The van der Waals surface area contributed by atoms with Crippen LogP contribution in [0.15, 0.2) is 29.6 Å². The highest BCUT2D eigenvalue weighted by atomic mass is 32.1. The number of methoxy groups -OCH3 is 1. The van der Waals surface area contributed by atoms with E-state index < -0.39 is 16.8 Å². The number of rotatable bonds is 5. The zero-order valence-electron chi connectivity index (χ0n) is 11.4. The maximum Gasteiger partial charge on any atom is 0.311 e. The first kappa shape index (κ1) is 15.6. The Bertz CT molecular complexity index is 728. The van der Waals surface area contributed by atoms with E-state index in [2.05, 4.69) is 15.0 Å². The molecule has 2 rings (SSSR count). The molecule has 1 amide bonds. The third kappa shape index (κ3) is 3.85. The van der Waals surface area contributed by atoms with E-state index in [1.807, 2.05) is 0 Å². The minimum atomic E-state index is -0.575. The molecule has 8 nitrogen and oxygen atoms in total. The molecule has 0 atom stereocenters. The third-order valence-electron chi connectivity index (χ3n) is 2.64. The van der Waals surface area contributed by atoms with E-state index in [9.17, 15) is 19.7 Å². The Morgan fingerprint density at radius 2 is 2.23 bits per heavy atom. The van der Waals surface area contributed by atoms with Crippen molar-refractivity contribution in [2.24, 2.45) is 0 Å². The van der Waals surface area contributed by atoms with Gasteiger partial charge < -0.3 is 4.74 Å². The normalized spacial score (nSPS) is 10.0. The molecule has 1 aromatic carbocycles. The van der Waals surface area contributed by atoms with E-state index in [0.29, 0.717) is 10.8 Å². The summed E-state index contributed by atoms with van der Waals surface area (Å²) in [6.45, 7) is 0. The van der Waals surface area contributed by atoms with Crippen LogP contribution in [0.2, 0.25) is 0 Å². The largest absolute Gasteiger partial charge is 0.469 e. The molecule has 114 valence electrons. The molecule has 1 N–H and O–H groups in total. The average Bonchev–Trinajstić information content (AvgIpc) is 2.94. The van der Waals surface area contributed by atoms with Crippen molar-refractivity contribution in [3.05, 3.63) is 51.0 Å². The summed E-state index contributed by atoms with van der Waals surface area (Å²) >= 11 is 1.15. The number of nitrogens with zero attached hydrogens (tertiary/aromatic N) is 2. The smallest absolute Gasteiger partial charge is 0.311 e. The van der Waals surface area contributed by atoms with E-state index >= 15 is 0 Å². The van der Waals surface area contributed by atoms with Gasteiger partial charge in [0.15, 0.2) is 5.13 Å². The fraction of sp³-hybridized carbons (Fsp3) is 0.154. The van der Waals surface area contributed by atoms with Crippen LogP contribution in [0.5, 0.6) is 0 Å². The molecular weight excluding hydrogens is 310 g/mol. The summed E-state index contributed by atoms with van der Waals surface area (Å²) in [5.74, 6) is -0.940. The first-order valence-corrected chi connectivity index (χ1v) is 6.94. The van der Waals surface area contributed by atoms with Gasteiger partial charge in [0.1, 0.15) is 0 Å². The molecule has 0 aliphatic carbocycles. The zero-order chi connectivity index (χ0) is 16.1. The number of ether oxygens (including phenoxy) is 1. The number of aromatic nitrogens is 1. The van der Waals surface area contributed by atoms with E-state index in [1.54, 1.807) is 5.38 Å². The second-order valence-corrected chi connectivity index (χ2v) is 5.02. The number of hydrogen-bond donors (Lipinski definition) is 1. The summed E-state index contributed by atoms with van der Waals surface area (Å²) in [6, 6.07) is 5.37. The Morgan fingerprint density at radius 1 is 1.45 bits per heavy atom. The van der Waals surface area contributed by atoms with E-state index in [-0.39, 0.29) is 17.7 Å². The SMILES string of the molecule is COC(=O)Cc1csc(NC(=O)c2cccc([N+](=O)[O-])c2)n1. The van der Waals surface area contributed by atoms with Gasteiger partial charge >= 0.3 is 5.97 Å². The second kappa shape index (κ2) is 6.76. The monoisotopic (exact) mass is 321 g/mol. The van der Waals surface area contributed by atoms with Gasteiger partial charge in [0.05, 0.1) is 24.1 Å². The van der Waals surface area contributed by atoms with Crippen molar-refractivity contribution in [3.8, 4) is 0 Å². The van der Waals surface area contributed by atoms with Crippen molar-refractivity contribution in [1.29, 1.82) is 0 Å². The number of nitro groups is 1. The van der Waals surface area contributed by atoms with Crippen LogP contribution in [0, 0.1) is 10.1 Å². The maximum atomic E-state index is 12.0. The van der Waals surface area contributed by atoms with Gasteiger partial charge in [-0.3, -0.25) is 25.0 Å². The fourth-order valence-corrected chi connectivity index (χ4v) is 2.30. The molecule has 1 heterocycles. The highest BCUT2D eigenvalue weighted by Gasteiger charge is 2.14. The molecule has 2 aromatic rings. The predicted molar refractivity (Wildman–Crippen MR) is 78.9 cm³/mol. The third-order valence-corrected chi connectivity index (χ3v) is 3.45. The molecule has 22 heavy (non-hydrogen) atoms. The number of anilines is 1. The minimum Gasteiger partial charge on any atom is -0.469 e. The summed E-state index contributed by atoms with van der Waals surface area (Å²) < 4.78 is 4.52. The van der Waals surface area contributed by atoms with Gasteiger partial charge in [-0.15, -0.1) is 11.3 Å². The number of hydrogen-bond acceptors (Lipinski definition) is 7. The topological polar surface area (TPSA) is 111 Å². The van der Waals surface area contributed by atoms with Gasteiger partial charge in [-0.1, -0.05) is 6.07 Å². The number of thiazole rings is 1. The van der Waals surface area contributed by atoms with Gasteiger partial charge in [-0.2, -0.15) is 0 Å². The summed E-state index contributed by atoms with van der Waals surface area (Å²) in [5.41, 5.74) is 0.461. The maximum absolute atomic E-state index is 12.0. The van der Waals surface area contributed by atoms with Crippen LogP contribution >= 0.6 is 11.3 Å². The quantitative estimate of drug-likeness (QED) is 0.512. The Hall–Kier alpha value is -2.81. The lowest BCUT2D eigenvalue weighted by Crippen LogP contribution is -2.12. The number of carbonyl (C=O) groups excluding carboxylic acids is 2. The first-order chi connectivity index (χ1) is 10.5. The van der Waals surface area contributed by atoms with Gasteiger partial charge in [-0.05, 0) is 6.07 Å². The Labute approximate surface area is 128 Å². The second-order valence-electron chi connectivity index (χ2n) is 4.16. The predicted octanol–water partition coefficient (Wildman–Crippen LogP) is 2.02. The summed E-state index contributed by atoms with van der Waals surface area (Å²) in [5, 5.41) is 15.1. The highest BCUT2D eigenvalue weighted by Crippen LogP contribution is 2.18. The molecule has 0 fully saturated rings. The first-order valence-electron chi connectivity index (χ1n) is 6.06. The van der Waals surface area contributed by atoms with Crippen molar-refractivity contribution in [2.45, 2.75) is 6.42 Å². The van der Waals surface area contributed by atoms with Crippen molar-refractivity contribution >= 4 is 34.0 Å². The fourth-order valence-electron chi connectivity index (χ4n) is 1.60. The summed E-state index contributed by atoms with van der Waals surface area (Å²) in [4.78, 5) is 37.3. The van der Waals surface area contributed by atoms with Crippen LogP contribution in [0.1, 0.15) is 16.1 Å². The molecule has 0 spiro atoms. The van der Waals surface area contributed by atoms with Crippen LogP contribution in [0.3, 0.4) is 0 Å². The molecule has 0 aliphatic rings. The van der Waals surface area contributed by atoms with E-state index in [1.165, 1.54) is 31.4 Å². The number of benzene rings is 1. The van der Waals surface area contributed by atoms with Gasteiger partial charge in [-0.25, -0.2) is 4.98 Å². The molecular formula is C13H11N3O5S. The molecule has 0 bridgehead atoms. The summed E-state index contributed by atoms with van der Waals surface area (Å²) in [6.07, 6.45) is 0.0136. The minimum absolute atomic E-state index is 0.0136. The number of nitrogens with one attached hydrogen (secondary N) is 1. The number of esters is 1. The molecule has 0 unspecified atom stereocenters. The van der Waals surface area contributed by atoms with Crippen molar-refractivity contribution in [1.82, 2.24) is 4.98 Å². The van der Waals surface area contributed by atoms with Gasteiger partial charge in [0, 0.05) is 23.1 Å². The van der Waals surface area contributed by atoms with Crippen LogP contribution in [-0.2, 0) is 16.0 Å². The lowest BCUT2D eigenvalue weighted by atomic mass is 10.2. The highest BCUT2D eigenvalue weighted by molar-refractivity contribution is 7.14. The van der Waals surface area contributed by atoms with Crippen LogP contribution < -0.4 is 5.32 Å². The molecule has 0 radical (unpaired) electrons. The van der Waals surface area contributed by atoms with Crippen molar-refractivity contribution in [3.63, 3.8) is 0 Å². The average molecular weight is 321 g/mol. The van der Waals surface area contributed by atoms with Crippen LogP contribution in [0.4, 0.5) is 10.8 Å². The molecule has 1 aromatic heterocycles. The lowest BCUT2D eigenvalue weighted by molar-refractivity contribution is -0.384. The number of nitro benzene ring substituents is 1. The summed E-state index contributed by atoms with van der Waals surface area (Å²) in [7, 11) is 1.28. The lowest BCUT2D eigenvalue weighted by Gasteiger charge is -2.01. The number of amides is 1. The number of non-ortho nitro benzene ring substituents is 1. The number of carbonyl (C=O) groups is 2. The standard InChI is InChI=1S/C13H11N3O5S/c1-21-11(17)6-9-7-22-13(14-9)15-12(18)8-3-2-4-10(5-8)16(19)20/h2-5,7H,6H2,1H3,(H,14,15,18). The zero-order valence-corrected chi connectivity index (χ0v) is 12.3. The Morgan fingerprint density at radius 3 is 2.91 bits per heavy atom. The van der Waals surface area contributed by atoms with Crippen molar-refractivity contribution in [2.75, 3.05) is 12.4 Å². The van der Waals surface area contributed by atoms with Crippen molar-refractivity contribution < 1.29 is 19.2 Å². The Balaban J connectivity index is 2.07. The van der Waals surface area contributed by atoms with E-state index in [4.69, 9.17) is 0 Å². The van der Waals surface area contributed by atoms with Crippen LogP contribution in [0.25, 0.3) is 0 Å². The van der Waals surface area contributed by atoms with Gasteiger partial charge in [0.25, 0.3) is 11.6 Å². The Kier molecular flexibility index (Phi) is 4.79. The molecule has 0 saturated heterocycles. The van der Waals surface area contributed by atoms with Gasteiger partial charge in [0.2, 0.25) is 0 Å². The van der Waals surface area contributed by atoms with E-state index in [0.717, 1.165) is 11.3 Å². The molecule has 0 saturated carbocycles.